The number of rotatable bonds is 5. The minimum atomic E-state index is -1.04. The molecule has 2 fully saturated rings. The highest BCUT2D eigenvalue weighted by Gasteiger charge is 2.65. The van der Waals surface area contributed by atoms with Gasteiger partial charge in [0.05, 0.1) is 23.6 Å². The highest BCUT2D eigenvalue weighted by molar-refractivity contribution is 6.36. The van der Waals surface area contributed by atoms with Crippen LogP contribution in [0, 0.1) is 11.8 Å². The average molecular weight is 595 g/mol. The first kappa shape index (κ1) is 26.5. The van der Waals surface area contributed by atoms with E-state index in [0.717, 1.165) is 27.3 Å². The Labute approximate surface area is 252 Å². The van der Waals surface area contributed by atoms with Gasteiger partial charge in [-0.15, -0.1) is 0 Å². The molecule has 2 saturated heterocycles. The second kappa shape index (κ2) is 10.5. The molecule has 4 aromatic carbocycles. The molecule has 3 heterocycles. The third kappa shape index (κ3) is 4.30. The van der Waals surface area contributed by atoms with Gasteiger partial charge in [0.1, 0.15) is 6.04 Å². The molecular weight excluding hydrogens is 571 g/mol. The number of hydrogen-bond acceptors (Lipinski definition) is 5. The molecule has 4 atom stereocenters. The molecule has 6 nitrogen and oxygen atoms in total. The smallest absolute Gasteiger partial charge is 0.330 e. The van der Waals surface area contributed by atoms with E-state index in [1.54, 1.807) is 0 Å². The molecule has 0 spiro atoms. The highest BCUT2D eigenvalue weighted by Crippen LogP contribution is 2.50. The van der Waals surface area contributed by atoms with Gasteiger partial charge in [0.2, 0.25) is 11.8 Å². The third-order valence-corrected chi connectivity index (χ3v) is 8.64. The van der Waals surface area contributed by atoms with Gasteiger partial charge in [0.15, 0.2) is 6.10 Å². The van der Waals surface area contributed by atoms with Crippen LogP contribution < -0.4 is 9.80 Å². The first-order chi connectivity index (χ1) is 20.4. The van der Waals surface area contributed by atoms with Crippen molar-refractivity contribution in [1.82, 2.24) is 0 Å². The summed E-state index contributed by atoms with van der Waals surface area (Å²) in [5.41, 5.74) is 3.54. The lowest BCUT2D eigenvalue weighted by Crippen LogP contribution is -2.49. The van der Waals surface area contributed by atoms with Crippen molar-refractivity contribution < 1.29 is 19.1 Å². The lowest BCUT2D eigenvalue weighted by molar-refractivity contribution is -0.151. The Balaban J connectivity index is 1.32. The molecule has 0 saturated carbocycles. The molecule has 4 unspecified atom stereocenters. The molecule has 4 aromatic rings. The van der Waals surface area contributed by atoms with Crippen LogP contribution in [0.4, 0.5) is 11.4 Å². The van der Waals surface area contributed by atoms with Gasteiger partial charge in [-0.2, -0.15) is 0 Å². The number of imide groups is 1. The number of para-hydroxylation sites is 1. The summed E-state index contributed by atoms with van der Waals surface area (Å²) in [6, 6.07) is 29.6. The predicted molar refractivity (Wildman–Crippen MR) is 162 cm³/mol. The summed E-state index contributed by atoms with van der Waals surface area (Å²) in [6.45, 7) is 0. The Bertz CT molecular complexity index is 1680. The lowest BCUT2D eigenvalue weighted by atomic mass is 9.88. The maximum atomic E-state index is 14.4. The van der Waals surface area contributed by atoms with Crippen molar-refractivity contribution in [2.24, 2.45) is 11.8 Å². The Hall–Kier alpha value is -4.39. The molecule has 3 aliphatic heterocycles. The summed E-state index contributed by atoms with van der Waals surface area (Å²) < 4.78 is 6.31. The fourth-order valence-corrected chi connectivity index (χ4v) is 6.99. The second-order valence-corrected chi connectivity index (χ2v) is 11.5. The molecule has 2 amide bonds. The van der Waals surface area contributed by atoms with Crippen molar-refractivity contribution in [2.45, 2.75) is 18.2 Å². The number of esters is 1. The summed E-state index contributed by atoms with van der Waals surface area (Å²) >= 11 is 12.5. The zero-order valence-corrected chi connectivity index (χ0v) is 23.7. The molecule has 0 bridgehead atoms. The lowest BCUT2D eigenvalue weighted by Gasteiger charge is -2.36. The summed E-state index contributed by atoms with van der Waals surface area (Å²) in [7, 11) is 0. The number of benzene rings is 4. The summed E-state index contributed by atoms with van der Waals surface area (Å²) in [6.07, 6.45) is 3.14. The number of hydrogen-bond donors (Lipinski definition) is 0. The molecule has 208 valence electrons. The Morgan fingerprint density at radius 2 is 1.31 bits per heavy atom. The van der Waals surface area contributed by atoms with Crippen LogP contribution >= 0.6 is 23.2 Å². The van der Waals surface area contributed by atoms with E-state index in [1.807, 2.05) is 102 Å². The van der Waals surface area contributed by atoms with Crippen molar-refractivity contribution in [2.75, 3.05) is 9.80 Å². The van der Waals surface area contributed by atoms with Gasteiger partial charge < -0.3 is 9.64 Å². The van der Waals surface area contributed by atoms with E-state index in [9.17, 15) is 14.4 Å². The number of carbonyl (C=O) groups is 3. The first-order valence-corrected chi connectivity index (χ1v) is 14.4. The number of carbonyl (C=O) groups excluding carboxylic acids is 3. The third-order valence-electron chi connectivity index (χ3n) is 8.20. The number of nitrogens with zero attached hydrogens (tertiary/aromatic N) is 2. The standard InChI is InChI=1S/C34H24Cl2N2O4/c35-23-17-24(36)19-25(18-23)37-32(39)28-27-16-15-20-9-7-8-14-26(20)38(27)30(29(28)33(37)40)34(41)42-31(21-10-3-1-4-11-21)22-12-5-2-6-13-22/h1-19,27-31H. The molecule has 7 rings (SSSR count). The number of anilines is 2. The van der Waals surface area contributed by atoms with Crippen molar-refractivity contribution in [3.8, 4) is 0 Å². The van der Waals surface area contributed by atoms with Crippen molar-refractivity contribution >= 4 is 58.4 Å². The van der Waals surface area contributed by atoms with Crippen LogP contribution in [-0.4, -0.2) is 29.9 Å². The molecule has 0 radical (unpaired) electrons. The van der Waals surface area contributed by atoms with Gasteiger partial charge in [0, 0.05) is 15.7 Å². The van der Waals surface area contributed by atoms with Crippen molar-refractivity contribution in [3.63, 3.8) is 0 Å². The van der Waals surface area contributed by atoms with E-state index in [1.165, 1.54) is 18.2 Å². The first-order valence-electron chi connectivity index (χ1n) is 13.6. The summed E-state index contributed by atoms with van der Waals surface area (Å²) in [4.78, 5) is 45.6. The number of halogens is 2. The molecule has 0 N–H and O–H groups in total. The fourth-order valence-electron chi connectivity index (χ4n) is 6.48. The van der Waals surface area contributed by atoms with Gasteiger partial charge >= 0.3 is 5.97 Å². The minimum absolute atomic E-state index is 0.280. The van der Waals surface area contributed by atoms with E-state index in [0.29, 0.717) is 10.0 Å². The van der Waals surface area contributed by atoms with Crippen molar-refractivity contribution in [3.05, 3.63) is 136 Å². The molecule has 8 heteroatoms. The maximum absolute atomic E-state index is 14.4. The monoisotopic (exact) mass is 594 g/mol. The zero-order valence-electron chi connectivity index (χ0n) is 22.1. The summed E-state index contributed by atoms with van der Waals surface area (Å²) in [5.74, 6) is -3.25. The Morgan fingerprint density at radius 3 is 1.95 bits per heavy atom. The highest BCUT2D eigenvalue weighted by atomic mass is 35.5. The molecule has 42 heavy (non-hydrogen) atoms. The molecule has 0 aromatic heterocycles. The quantitative estimate of drug-likeness (QED) is 0.190. The second-order valence-electron chi connectivity index (χ2n) is 10.6. The van der Waals surface area contributed by atoms with Gasteiger partial charge in [-0.1, -0.05) is 114 Å². The van der Waals surface area contributed by atoms with Gasteiger partial charge in [-0.05, 0) is 41.0 Å². The molecule has 3 aliphatic rings. The van der Waals surface area contributed by atoms with Crippen molar-refractivity contribution in [1.29, 1.82) is 0 Å². The van der Waals surface area contributed by atoms with Crippen LogP contribution in [0.1, 0.15) is 22.8 Å². The van der Waals surface area contributed by atoms with Crippen LogP contribution in [0.5, 0.6) is 0 Å². The van der Waals surface area contributed by atoms with Crippen LogP contribution in [0.3, 0.4) is 0 Å². The SMILES string of the molecule is O=C(OC(c1ccccc1)c1ccccc1)C1C2C(=O)N(c3cc(Cl)cc(Cl)c3)C(=O)C2C2C=Cc3ccccc3N21. The van der Waals surface area contributed by atoms with Crippen LogP contribution in [0.25, 0.3) is 6.08 Å². The predicted octanol–water partition coefficient (Wildman–Crippen LogP) is 6.72. The average Bonchev–Trinajstić information content (AvgIpc) is 3.48. The summed E-state index contributed by atoms with van der Waals surface area (Å²) in [5, 5.41) is 0.598. The fraction of sp³-hybridized carbons (Fsp3) is 0.147. The van der Waals surface area contributed by atoms with Crippen LogP contribution in [0.15, 0.2) is 109 Å². The van der Waals surface area contributed by atoms with Gasteiger partial charge in [0.25, 0.3) is 0 Å². The maximum Gasteiger partial charge on any atom is 0.330 e. The normalized spacial score (nSPS) is 22.3. The number of ether oxygens (including phenoxy) is 1. The molecular formula is C34H24Cl2N2O4. The van der Waals surface area contributed by atoms with E-state index >= 15 is 0 Å². The van der Waals surface area contributed by atoms with E-state index in [4.69, 9.17) is 27.9 Å². The topological polar surface area (TPSA) is 66.9 Å². The van der Waals surface area contributed by atoms with Crippen LogP contribution in [-0.2, 0) is 19.1 Å². The van der Waals surface area contributed by atoms with Gasteiger partial charge in [-0.25, -0.2) is 9.69 Å². The van der Waals surface area contributed by atoms with Crippen LogP contribution in [0.2, 0.25) is 10.0 Å². The number of amides is 2. The van der Waals surface area contributed by atoms with E-state index < -0.39 is 47.8 Å². The van der Waals surface area contributed by atoms with Gasteiger partial charge in [-0.3, -0.25) is 9.59 Å². The molecule has 0 aliphatic carbocycles. The van der Waals surface area contributed by atoms with E-state index in [-0.39, 0.29) is 5.69 Å². The minimum Gasteiger partial charge on any atom is -0.451 e. The van der Waals surface area contributed by atoms with E-state index in [2.05, 4.69) is 0 Å². The zero-order chi connectivity index (χ0) is 29.0. The largest absolute Gasteiger partial charge is 0.451 e. The Kier molecular flexibility index (Phi) is 6.60. The number of fused-ring (bicyclic) bond motifs is 5. The Morgan fingerprint density at radius 1 is 0.738 bits per heavy atom.